The topological polar surface area (TPSA) is 108 Å². The van der Waals surface area contributed by atoms with E-state index in [-0.39, 0.29) is 29.4 Å². The molecular formula is C43H55FN10O2. The number of benzene rings is 2. The average molecular weight is 763 g/mol. The maximum atomic E-state index is 15.1. The molecule has 0 unspecified atom stereocenters. The van der Waals surface area contributed by atoms with E-state index < -0.39 is 0 Å². The fourth-order valence-electron chi connectivity index (χ4n) is 8.27. The van der Waals surface area contributed by atoms with Crippen LogP contribution in [0.25, 0.3) is 11.3 Å². The van der Waals surface area contributed by atoms with Gasteiger partial charge in [-0.1, -0.05) is 45.0 Å². The zero-order valence-corrected chi connectivity index (χ0v) is 33.5. The summed E-state index contributed by atoms with van der Waals surface area (Å²) in [5.74, 6) is 1.89. The number of piperidine rings is 1. The fraction of sp³-hybridized carbons (Fsp3) is 0.488. The van der Waals surface area contributed by atoms with E-state index in [4.69, 9.17) is 9.84 Å². The molecule has 5 aromatic rings. The number of amides is 2. The Morgan fingerprint density at radius 2 is 1.79 bits per heavy atom. The van der Waals surface area contributed by atoms with Crippen LogP contribution in [0.2, 0.25) is 0 Å². The summed E-state index contributed by atoms with van der Waals surface area (Å²) >= 11 is 0. The van der Waals surface area contributed by atoms with E-state index in [0.717, 1.165) is 79.6 Å². The van der Waals surface area contributed by atoms with Gasteiger partial charge in [-0.3, -0.25) is 14.6 Å². The van der Waals surface area contributed by atoms with Crippen molar-refractivity contribution in [3.05, 3.63) is 95.1 Å². The fourth-order valence-corrected chi connectivity index (χ4v) is 8.27. The summed E-state index contributed by atoms with van der Waals surface area (Å²) in [5, 5.41) is 20.2. The van der Waals surface area contributed by atoms with E-state index in [1.54, 1.807) is 10.7 Å². The molecule has 0 spiro atoms. The predicted molar refractivity (Wildman–Crippen MR) is 217 cm³/mol. The van der Waals surface area contributed by atoms with Crippen molar-refractivity contribution in [2.24, 2.45) is 0 Å². The lowest BCUT2D eigenvalue weighted by molar-refractivity contribution is 0.0647. The molecule has 0 saturated carbocycles. The first-order valence-corrected chi connectivity index (χ1v) is 20.1. The monoisotopic (exact) mass is 762 g/mol. The second-order valence-corrected chi connectivity index (χ2v) is 17.1. The Bertz CT molecular complexity index is 2180. The number of hydrogen-bond acceptors (Lipinski definition) is 8. The van der Waals surface area contributed by atoms with Crippen LogP contribution in [0.3, 0.4) is 0 Å². The molecule has 0 radical (unpaired) electrons. The third-order valence-electron chi connectivity index (χ3n) is 11.8. The van der Waals surface area contributed by atoms with Crippen LogP contribution in [0.4, 0.5) is 21.0 Å². The van der Waals surface area contributed by atoms with Crippen LogP contribution in [-0.4, -0.2) is 92.6 Å². The van der Waals surface area contributed by atoms with Gasteiger partial charge in [-0.05, 0) is 107 Å². The number of nitrogens with zero attached hydrogens (tertiary/aromatic N) is 8. The lowest BCUT2D eigenvalue weighted by atomic mass is 9.85. The molecule has 56 heavy (non-hydrogen) atoms. The Labute approximate surface area is 329 Å². The number of anilines is 2. The molecule has 13 heteroatoms. The highest BCUT2D eigenvalue weighted by atomic mass is 19.1. The first-order valence-electron chi connectivity index (χ1n) is 20.1. The van der Waals surface area contributed by atoms with Crippen molar-refractivity contribution in [1.82, 2.24) is 39.5 Å². The van der Waals surface area contributed by atoms with E-state index in [1.807, 2.05) is 47.0 Å². The number of carbonyl (C=O) groups is 1. The summed E-state index contributed by atoms with van der Waals surface area (Å²) in [6, 6.07) is 19.5. The number of fused-ring (bicyclic) bond motifs is 2. The minimum absolute atomic E-state index is 0.183. The SMILES string of the molecule is C[C@H]1CCCCN1c1nnc2ccc(O[C@@H]3CC[C@H](NC(=O)Nc4cc(C(C)(C)C)nn4-c4ccc(F)c(CCN5CC(N(C)C)C5)c4)c4ccccc43)cn12. The molecule has 3 aromatic heterocycles. The van der Waals surface area contributed by atoms with Crippen LogP contribution in [-0.2, 0) is 11.8 Å². The molecule has 1 aliphatic carbocycles. The summed E-state index contributed by atoms with van der Waals surface area (Å²) in [5.41, 5.74) is 4.75. The van der Waals surface area contributed by atoms with Crippen LogP contribution in [0.1, 0.15) is 94.3 Å². The number of likely N-dealkylation sites (N-methyl/N-ethyl adjacent to an activating group) is 1. The molecule has 3 atom stereocenters. The number of aromatic nitrogens is 5. The number of likely N-dealkylation sites (tertiary alicyclic amines) is 1. The van der Waals surface area contributed by atoms with Crippen molar-refractivity contribution in [2.75, 3.05) is 50.5 Å². The smallest absolute Gasteiger partial charge is 0.320 e. The number of nitrogens with one attached hydrogen (secondary N) is 2. The zero-order valence-electron chi connectivity index (χ0n) is 33.5. The standard InChI is InChI=1S/C43H55FN10O2/c1-28-11-9-10-21-52(28)42-48-47-39-19-15-32(27-53(39)42)56-37-18-17-36(33-12-7-8-13-34(33)37)45-41(55)46-40-24-38(43(2,3)4)49-54(40)30-14-16-35(44)29(23-30)20-22-51-25-31(26-51)50(5)6/h7-8,12-16,19,23-24,27-28,31,36-37H,9-11,17-18,20-22,25-26H2,1-6H3,(H2,45,46,55)/t28-,36-,37+/m0/s1. The van der Waals surface area contributed by atoms with E-state index >= 15 is 4.39 Å². The molecule has 0 bridgehead atoms. The highest BCUT2D eigenvalue weighted by Crippen LogP contribution is 2.39. The van der Waals surface area contributed by atoms with Gasteiger partial charge >= 0.3 is 6.03 Å². The molecule has 2 saturated heterocycles. The number of halogens is 1. The van der Waals surface area contributed by atoms with E-state index in [9.17, 15) is 4.79 Å². The summed E-state index contributed by atoms with van der Waals surface area (Å²) in [4.78, 5) is 20.7. The molecule has 8 rings (SSSR count). The van der Waals surface area contributed by atoms with Gasteiger partial charge in [-0.25, -0.2) is 13.9 Å². The molecule has 2 N–H and O–H groups in total. The number of rotatable bonds is 10. The van der Waals surface area contributed by atoms with Gasteiger partial charge in [0.05, 0.1) is 23.6 Å². The van der Waals surface area contributed by atoms with Crippen molar-refractivity contribution in [2.45, 2.75) is 95.9 Å². The van der Waals surface area contributed by atoms with Gasteiger partial charge < -0.3 is 19.9 Å². The Hall–Kier alpha value is -5.01. The average Bonchev–Trinajstić information content (AvgIpc) is 3.77. The van der Waals surface area contributed by atoms with Crippen molar-refractivity contribution < 1.29 is 13.9 Å². The molecule has 12 nitrogen and oxygen atoms in total. The molecule has 3 aliphatic rings. The number of pyridine rings is 1. The largest absolute Gasteiger partial charge is 0.484 e. The quantitative estimate of drug-likeness (QED) is 0.153. The van der Waals surface area contributed by atoms with Crippen LogP contribution >= 0.6 is 0 Å². The van der Waals surface area contributed by atoms with Crippen molar-refractivity contribution in [3.63, 3.8) is 0 Å². The molecule has 2 aromatic carbocycles. The number of urea groups is 1. The van der Waals surface area contributed by atoms with Crippen LogP contribution in [0.15, 0.2) is 66.9 Å². The van der Waals surface area contributed by atoms with Crippen LogP contribution < -0.4 is 20.3 Å². The summed E-state index contributed by atoms with van der Waals surface area (Å²) < 4.78 is 25.5. The maximum Gasteiger partial charge on any atom is 0.320 e. The Morgan fingerprint density at radius 3 is 2.55 bits per heavy atom. The van der Waals surface area contributed by atoms with Crippen LogP contribution in [0, 0.1) is 5.82 Å². The van der Waals surface area contributed by atoms with E-state index in [2.05, 4.69) is 89.5 Å². The van der Waals surface area contributed by atoms with Gasteiger partial charge in [0.25, 0.3) is 0 Å². The Balaban J connectivity index is 0.972. The van der Waals surface area contributed by atoms with Crippen molar-refractivity contribution in [1.29, 1.82) is 0 Å². The normalized spacial score (nSPS) is 20.6. The molecule has 296 valence electrons. The first-order chi connectivity index (χ1) is 26.9. The zero-order chi connectivity index (χ0) is 39.1. The van der Waals surface area contributed by atoms with Crippen molar-refractivity contribution in [3.8, 4) is 11.4 Å². The number of ether oxygens (including phenoxy) is 1. The molecule has 2 aliphatic heterocycles. The highest BCUT2D eigenvalue weighted by molar-refractivity contribution is 5.89. The number of hydrogen-bond donors (Lipinski definition) is 2. The van der Waals surface area contributed by atoms with Gasteiger partial charge in [0.2, 0.25) is 5.95 Å². The van der Waals surface area contributed by atoms with Gasteiger partial charge in [0, 0.05) is 49.7 Å². The Kier molecular flexibility index (Phi) is 10.5. The van der Waals surface area contributed by atoms with Crippen LogP contribution in [0.5, 0.6) is 5.75 Å². The molecular weight excluding hydrogens is 708 g/mol. The Morgan fingerprint density at radius 1 is 0.982 bits per heavy atom. The minimum atomic E-state index is -0.334. The minimum Gasteiger partial charge on any atom is -0.484 e. The summed E-state index contributed by atoms with van der Waals surface area (Å²) in [6.07, 6.45) is 7.35. The molecule has 2 amide bonds. The summed E-state index contributed by atoms with van der Waals surface area (Å²) in [6.45, 7) is 12.2. The second kappa shape index (κ2) is 15.5. The first kappa shape index (κ1) is 37.9. The van der Waals surface area contributed by atoms with Gasteiger partial charge in [-0.2, -0.15) is 5.10 Å². The third-order valence-corrected chi connectivity index (χ3v) is 11.8. The van der Waals surface area contributed by atoms with E-state index in [0.29, 0.717) is 42.0 Å². The number of carbonyl (C=O) groups excluding carboxylic acids is 1. The maximum absolute atomic E-state index is 15.1. The second-order valence-electron chi connectivity index (χ2n) is 17.1. The van der Waals surface area contributed by atoms with E-state index in [1.165, 1.54) is 12.5 Å². The highest BCUT2D eigenvalue weighted by Gasteiger charge is 2.31. The predicted octanol–water partition coefficient (Wildman–Crippen LogP) is 7.30. The van der Waals surface area contributed by atoms with Gasteiger partial charge in [0.15, 0.2) is 5.65 Å². The van der Waals surface area contributed by atoms with Gasteiger partial charge in [0.1, 0.15) is 23.5 Å². The van der Waals surface area contributed by atoms with Gasteiger partial charge in [-0.15, -0.1) is 10.2 Å². The lowest BCUT2D eigenvalue weighted by Crippen LogP contribution is -2.57. The summed E-state index contributed by atoms with van der Waals surface area (Å²) in [7, 11) is 4.19. The lowest BCUT2D eigenvalue weighted by Gasteiger charge is -2.42. The van der Waals surface area contributed by atoms with Crippen molar-refractivity contribution >= 4 is 23.4 Å². The molecule has 5 heterocycles. The third kappa shape index (κ3) is 7.84. The molecule has 2 fully saturated rings.